The van der Waals surface area contributed by atoms with Crippen LogP contribution in [0.15, 0.2) is 36.7 Å². The molecular weight excluding hydrogens is 322 g/mol. The van der Waals surface area contributed by atoms with Crippen molar-refractivity contribution >= 4 is 17.5 Å². The highest BCUT2D eigenvalue weighted by atomic mass is 16.5. The summed E-state index contributed by atoms with van der Waals surface area (Å²) < 4.78 is 10.4. The number of ether oxygens (including phenoxy) is 2. The lowest BCUT2D eigenvalue weighted by Gasteiger charge is -2.11. The quantitative estimate of drug-likeness (QED) is 0.806. The van der Waals surface area contributed by atoms with E-state index in [4.69, 9.17) is 9.47 Å². The van der Waals surface area contributed by atoms with Crippen molar-refractivity contribution in [3.05, 3.63) is 47.8 Å². The van der Waals surface area contributed by atoms with E-state index < -0.39 is 0 Å². The minimum atomic E-state index is -0.370. The topological polar surface area (TPSA) is 89.6 Å². The monoisotopic (exact) mass is 343 g/mol. The van der Waals surface area contributed by atoms with Gasteiger partial charge in [-0.1, -0.05) is 6.92 Å². The Hall–Kier alpha value is -3.09. The third kappa shape index (κ3) is 4.69. The third-order valence-corrected chi connectivity index (χ3v) is 3.44. The number of hydrogen-bond acceptors (Lipinski definition) is 5. The van der Waals surface area contributed by atoms with Gasteiger partial charge in [-0.25, -0.2) is 0 Å². The van der Waals surface area contributed by atoms with Crippen molar-refractivity contribution in [1.82, 2.24) is 10.3 Å². The summed E-state index contributed by atoms with van der Waals surface area (Å²) in [5.41, 5.74) is 1.18. The highest BCUT2D eigenvalue weighted by Crippen LogP contribution is 2.29. The Bertz CT molecular complexity index is 762. The predicted octanol–water partition coefficient (Wildman–Crippen LogP) is 2.49. The zero-order valence-corrected chi connectivity index (χ0v) is 14.5. The molecule has 0 aliphatic heterocycles. The van der Waals surface area contributed by atoms with Crippen LogP contribution in [-0.4, -0.2) is 37.6 Å². The molecule has 2 aromatic rings. The lowest BCUT2D eigenvalue weighted by Crippen LogP contribution is -2.24. The molecule has 2 rings (SSSR count). The highest BCUT2D eigenvalue weighted by Gasteiger charge is 2.12. The molecule has 0 radical (unpaired) electrons. The maximum Gasteiger partial charge on any atom is 0.257 e. The van der Waals surface area contributed by atoms with E-state index in [9.17, 15) is 9.59 Å². The summed E-state index contributed by atoms with van der Waals surface area (Å²) in [6.07, 6.45) is 3.67. The molecule has 0 aliphatic rings. The predicted molar refractivity (Wildman–Crippen MR) is 94.4 cm³/mol. The van der Waals surface area contributed by atoms with E-state index in [0.717, 1.165) is 6.42 Å². The summed E-state index contributed by atoms with van der Waals surface area (Å²) in [7, 11) is 3.06. The lowest BCUT2D eigenvalue weighted by molar-refractivity contribution is 0.0953. The molecule has 0 fully saturated rings. The van der Waals surface area contributed by atoms with Crippen LogP contribution in [0.25, 0.3) is 0 Å². The number of methoxy groups -OCH3 is 2. The van der Waals surface area contributed by atoms with Gasteiger partial charge in [-0.2, -0.15) is 0 Å². The zero-order chi connectivity index (χ0) is 18.2. The number of anilines is 1. The van der Waals surface area contributed by atoms with Crippen molar-refractivity contribution in [3.63, 3.8) is 0 Å². The van der Waals surface area contributed by atoms with E-state index >= 15 is 0 Å². The molecule has 7 nitrogen and oxygen atoms in total. The molecule has 2 N–H and O–H groups in total. The first-order valence-corrected chi connectivity index (χ1v) is 7.85. The molecule has 0 spiro atoms. The molecule has 1 heterocycles. The Balaban J connectivity index is 2.14. The summed E-state index contributed by atoms with van der Waals surface area (Å²) in [5.74, 6) is 0.447. The van der Waals surface area contributed by atoms with Crippen LogP contribution in [-0.2, 0) is 0 Å². The van der Waals surface area contributed by atoms with Gasteiger partial charge in [0.15, 0.2) is 11.5 Å². The van der Waals surface area contributed by atoms with Gasteiger partial charge < -0.3 is 20.1 Å². The van der Waals surface area contributed by atoms with E-state index in [0.29, 0.717) is 34.9 Å². The molecule has 0 saturated heterocycles. The number of rotatable bonds is 7. The normalized spacial score (nSPS) is 10.0. The van der Waals surface area contributed by atoms with Crippen LogP contribution in [0, 0.1) is 0 Å². The second-order valence-corrected chi connectivity index (χ2v) is 5.24. The van der Waals surface area contributed by atoms with Crippen molar-refractivity contribution in [2.45, 2.75) is 13.3 Å². The van der Waals surface area contributed by atoms with Crippen LogP contribution in [0.5, 0.6) is 11.5 Å². The van der Waals surface area contributed by atoms with E-state index in [1.807, 2.05) is 6.92 Å². The SMILES string of the molecule is CCCNC(=O)c1cncc(C(=O)Nc2ccc(OC)c(OC)c2)c1. The van der Waals surface area contributed by atoms with Crippen LogP contribution in [0.2, 0.25) is 0 Å². The molecule has 7 heteroatoms. The molecule has 25 heavy (non-hydrogen) atoms. The number of benzene rings is 1. The van der Waals surface area contributed by atoms with Crippen molar-refractivity contribution in [2.24, 2.45) is 0 Å². The summed E-state index contributed by atoms with van der Waals surface area (Å²) in [4.78, 5) is 28.4. The smallest absolute Gasteiger partial charge is 0.257 e. The number of hydrogen-bond donors (Lipinski definition) is 2. The number of amides is 2. The fourth-order valence-corrected chi connectivity index (χ4v) is 2.15. The minimum Gasteiger partial charge on any atom is -0.493 e. The molecule has 0 atom stereocenters. The number of carbonyl (C=O) groups excluding carboxylic acids is 2. The van der Waals surface area contributed by atoms with E-state index in [1.54, 1.807) is 18.2 Å². The average Bonchev–Trinajstić information content (AvgIpc) is 2.65. The van der Waals surface area contributed by atoms with Gasteiger partial charge in [-0.05, 0) is 24.6 Å². The minimum absolute atomic E-state index is 0.255. The van der Waals surface area contributed by atoms with Crippen molar-refractivity contribution < 1.29 is 19.1 Å². The van der Waals surface area contributed by atoms with Gasteiger partial charge in [-0.15, -0.1) is 0 Å². The fourth-order valence-electron chi connectivity index (χ4n) is 2.15. The van der Waals surface area contributed by atoms with Gasteiger partial charge in [0.1, 0.15) is 0 Å². The van der Waals surface area contributed by atoms with Crippen molar-refractivity contribution in [2.75, 3.05) is 26.1 Å². The van der Waals surface area contributed by atoms with Crippen LogP contribution in [0.3, 0.4) is 0 Å². The number of nitrogens with one attached hydrogen (secondary N) is 2. The van der Waals surface area contributed by atoms with E-state index in [-0.39, 0.29) is 11.8 Å². The molecular formula is C18H21N3O4. The van der Waals surface area contributed by atoms with Crippen LogP contribution >= 0.6 is 0 Å². The Labute approximate surface area is 146 Å². The Kier molecular flexibility index (Phi) is 6.33. The average molecular weight is 343 g/mol. The first-order chi connectivity index (χ1) is 12.1. The Morgan fingerprint density at radius 2 is 1.68 bits per heavy atom. The number of carbonyl (C=O) groups is 2. The molecule has 0 saturated carbocycles. The van der Waals surface area contributed by atoms with Gasteiger partial charge in [0.05, 0.1) is 25.3 Å². The van der Waals surface area contributed by atoms with Gasteiger partial charge in [0.2, 0.25) is 0 Å². The second kappa shape index (κ2) is 8.68. The van der Waals surface area contributed by atoms with Crippen molar-refractivity contribution in [3.8, 4) is 11.5 Å². The molecule has 1 aromatic carbocycles. The van der Waals surface area contributed by atoms with E-state index in [2.05, 4.69) is 15.6 Å². The summed E-state index contributed by atoms with van der Waals surface area (Å²) in [6.45, 7) is 2.53. The zero-order valence-electron chi connectivity index (χ0n) is 14.5. The third-order valence-electron chi connectivity index (χ3n) is 3.44. The number of nitrogens with zero attached hydrogens (tertiary/aromatic N) is 1. The maximum absolute atomic E-state index is 12.4. The van der Waals surface area contributed by atoms with Gasteiger partial charge in [-0.3, -0.25) is 14.6 Å². The fraction of sp³-hybridized carbons (Fsp3) is 0.278. The van der Waals surface area contributed by atoms with Crippen molar-refractivity contribution in [1.29, 1.82) is 0 Å². The summed E-state index contributed by atoms with van der Waals surface area (Å²) in [6, 6.07) is 6.56. The summed E-state index contributed by atoms with van der Waals surface area (Å²) >= 11 is 0. The number of aromatic nitrogens is 1. The first-order valence-electron chi connectivity index (χ1n) is 7.85. The van der Waals surface area contributed by atoms with Gasteiger partial charge in [0, 0.05) is 30.7 Å². The van der Waals surface area contributed by atoms with Crippen LogP contribution in [0.1, 0.15) is 34.1 Å². The van der Waals surface area contributed by atoms with Gasteiger partial charge >= 0.3 is 0 Å². The molecule has 0 aliphatic carbocycles. The molecule has 1 aromatic heterocycles. The Morgan fingerprint density at radius 3 is 2.32 bits per heavy atom. The first kappa shape index (κ1) is 18.3. The maximum atomic E-state index is 12.4. The standard InChI is InChI=1S/C18H21N3O4/c1-4-7-20-17(22)12-8-13(11-19-10-12)18(23)21-14-5-6-15(24-2)16(9-14)25-3/h5-6,8-11H,4,7H2,1-3H3,(H,20,22)(H,21,23). The molecule has 2 amide bonds. The van der Waals surface area contributed by atoms with Crippen LogP contribution < -0.4 is 20.1 Å². The Morgan fingerprint density at radius 1 is 1.00 bits per heavy atom. The summed E-state index contributed by atoms with van der Waals surface area (Å²) in [5, 5.41) is 5.50. The largest absolute Gasteiger partial charge is 0.493 e. The lowest BCUT2D eigenvalue weighted by atomic mass is 10.1. The molecule has 0 unspecified atom stereocenters. The van der Waals surface area contributed by atoms with E-state index in [1.165, 1.54) is 32.7 Å². The number of pyridine rings is 1. The highest BCUT2D eigenvalue weighted by molar-refractivity contribution is 6.06. The second-order valence-electron chi connectivity index (χ2n) is 5.24. The van der Waals surface area contributed by atoms with Crippen LogP contribution in [0.4, 0.5) is 5.69 Å². The molecule has 132 valence electrons. The van der Waals surface area contributed by atoms with Gasteiger partial charge in [0.25, 0.3) is 11.8 Å². The molecule has 0 bridgehead atoms.